The van der Waals surface area contributed by atoms with Crippen molar-refractivity contribution in [1.82, 2.24) is 30.1 Å². The van der Waals surface area contributed by atoms with Gasteiger partial charge < -0.3 is 20.2 Å². The lowest BCUT2D eigenvalue weighted by Gasteiger charge is -2.35. The molecule has 198 valence electrons. The molecule has 36 heavy (non-hydrogen) atoms. The monoisotopic (exact) mass is 516 g/mol. The molecule has 9 heteroatoms. The van der Waals surface area contributed by atoms with E-state index in [4.69, 9.17) is 11.6 Å². The normalized spacial score (nSPS) is 22.3. The van der Waals surface area contributed by atoms with Crippen LogP contribution in [0.25, 0.3) is 0 Å². The lowest BCUT2D eigenvalue weighted by molar-refractivity contribution is -0.139. The predicted octanol–water partition coefficient (Wildman–Crippen LogP) is 3.29. The number of halogens is 1. The van der Waals surface area contributed by atoms with Crippen LogP contribution in [0, 0.1) is 5.41 Å². The third-order valence-electron chi connectivity index (χ3n) is 7.22. The van der Waals surface area contributed by atoms with Crippen molar-refractivity contribution in [3.05, 3.63) is 46.7 Å². The number of likely N-dealkylation sites (N-methyl/N-ethyl adjacent to an activating group) is 1. The molecule has 1 aliphatic carbocycles. The van der Waals surface area contributed by atoms with Gasteiger partial charge in [-0.1, -0.05) is 49.7 Å². The molecule has 4 rings (SSSR count). The molecule has 1 saturated heterocycles. The zero-order valence-electron chi connectivity index (χ0n) is 22.2. The van der Waals surface area contributed by atoms with Crippen LogP contribution in [0.5, 0.6) is 0 Å². The number of carbonyl (C=O) groups excluding carboxylic acids is 1. The zero-order chi connectivity index (χ0) is 26.0. The van der Waals surface area contributed by atoms with Crippen LogP contribution in [-0.4, -0.2) is 88.2 Å². The van der Waals surface area contributed by atoms with E-state index in [0.717, 1.165) is 36.6 Å². The van der Waals surface area contributed by atoms with E-state index in [2.05, 4.69) is 67.5 Å². The SMILES string of the molecule is CN(C)CC(CNC[C@@H]1C[C@@H](O)CN1C(=O)[C@@H](n1cc(C2CC2)nn1)C(C)(C)C)c1ccc(Cl)cc1. The van der Waals surface area contributed by atoms with E-state index in [1.165, 1.54) is 5.56 Å². The van der Waals surface area contributed by atoms with Gasteiger partial charge in [-0.05, 0) is 56.5 Å². The summed E-state index contributed by atoms with van der Waals surface area (Å²) in [5.41, 5.74) is 1.86. The first-order valence-electron chi connectivity index (χ1n) is 13.0. The van der Waals surface area contributed by atoms with Crippen molar-refractivity contribution in [2.45, 2.75) is 70.1 Å². The molecule has 8 nitrogen and oxygen atoms in total. The van der Waals surface area contributed by atoms with Gasteiger partial charge in [-0.25, -0.2) is 4.68 Å². The van der Waals surface area contributed by atoms with Crippen molar-refractivity contribution in [2.24, 2.45) is 5.41 Å². The van der Waals surface area contributed by atoms with Crippen molar-refractivity contribution < 1.29 is 9.90 Å². The lowest BCUT2D eigenvalue weighted by atomic mass is 9.85. The Hall–Kier alpha value is -2.00. The first-order valence-corrected chi connectivity index (χ1v) is 13.4. The number of aliphatic hydroxyl groups is 1. The van der Waals surface area contributed by atoms with Crippen molar-refractivity contribution in [2.75, 3.05) is 40.3 Å². The Kier molecular flexibility index (Phi) is 8.39. The van der Waals surface area contributed by atoms with Crippen LogP contribution in [0.2, 0.25) is 5.02 Å². The standard InChI is InChI=1S/C27H41ClN6O2/c1-27(2,3)25(34-17-24(30-31-34)19-6-7-19)26(36)33-16-23(35)12-22(33)14-29-13-20(15-32(4)5)18-8-10-21(28)11-9-18/h8-11,17,19-20,22-23,25,29,35H,6-7,12-16H2,1-5H3/t20?,22-,23+,25+/m0/s1. The number of likely N-dealkylation sites (tertiary alicyclic amines) is 1. The minimum absolute atomic E-state index is 0.000592. The molecule has 2 fully saturated rings. The van der Waals surface area contributed by atoms with Gasteiger partial charge in [0.1, 0.15) is 6.04 Å². The van der Waals surface area contributed by atoms with Crippen molar-refractivity contribution in [3.63, 3.8) is 0 Å². The first kappa shape index (κ1) is 27.0. The summed E-state index contributed by atoms with van der Waals surface area (Å²) in [6, 6.07) is 7.47. The summed E-state index contributed by atoms with van der Waals surface area (Å²) in [6.07, 6.45) is 4.28. The van der Waals surface area contributed by atoms with Crippen LogP contribution in [0.4, 0.5) is 0 Å². The molecule has 0 radical (unpaired) electrons. The van der Waals surface area contributed by atoms with Crippen LogP contribution in [-0.2, 0) is 4.79 Å². The third kappa shape index (κ3) is 6.65. The Morgan fingerprint density at radius 3 is 2.56 bits per heavy atom. The van der Waals surface area contributed by atoms with Gasteiger partial charge in [-0.15, -0.1) is 5.10 Å². The fraction of sp³-hybridized carbons (Fsp3) is 0.667. The highest BCUT2D eigenvalue weighted by atomic mass is 35.5. The molecule has 2 heterocycles. The molecule has 1 amide bonds. The van der Waals surface area contributed by atoms with Gasteiger partial charge in [-0.3, -0.25) is 4.79 Å². The number of benzene rings is 1. The minimum atomic E-state index is -0.520. The molecule has 1 aromatic carbocycles. The Morgan fingerprint density at radius 1 is 1.25 bits per heavy atom. The van der Waals surface area contributed by atoms with Crippen molar-refractivity contribution >= 4 is 17.5 Å². The maximum atomic E-state index is 13.9. The average molecular weight is 517 g/mol. The highest BCUT2D eigenvalue weighted by Crippen LogP contribution is 2.40. The van der Waals surface area contributed by atoms with Gasteiger partial charge in [0.15, 0.2) is 0 Å². The number of carbonyl (C=O) groups is 1. The number of aromatic nitrogens is 3. The number of aliphatic hydroxyl groups excluding tert-OH is 1. The van der Waals surface area contributed by atoms with Crippen LogP contribution in [0.15, 0.2) is 30.5 Å². The Balaban J connectivity index is 1.44. The number of amides is 1. The molecule has 2 aromatic rings. The lowest BCUT2D eigenvalue weighted by Crippen LogP contribution is -2.48. The van der Waals surface area contributed by atoms with E-state index >= 15 is 0 Å². The predicted molar refractivity (Wildman–Crippen MR) is 142 cm³/mol. The summed E-state index contributed by atoms with van der Waals surface area (Å²) < 4.78 is 1.75. The molecule has 1 aliphatic heterocycles. The summed E-state index contributed by atoms with van der Waals surface area (Å²) in [5, 5.41) is 23.6. The van der Waals surface area contributed by atoms with E-state index in [-0.39, 0.29) is 23.3 Å². The quantitative estimate of drug-likeness (QED) is 0.504. The van der Waals surface area contributed by atoms with E-state index in [9.17, 15) is 9.90 Å². The molecule has 1 saturated carbocycles. The molecule has 0 spiro atoms. The smallest absolute Gasteiger partial charge is 0.248 e. The fourth-order valence-corrected chi connectivity index (χ4v) is 5.39. The minimum Gasteiger partial charge on any atom is -0.391 e. The van der Waals surface area contributed by atoms with Gasteiger partial charge in [-0.2, -0.15) is 0 Å². The number of nitrogens with zero attached hydrogens (tertiary/aromatic N) is 5. The number of rotatable bonds is 10. The number of hydrogen-bond donors (Lipinski definition) is 2. The number of hydrogen-bond acceptors (Lipinski definition) is 6. The average Bonchev–Trinajstić information content (AvgIpc) is 3.42. The Labute approximate surface area is 220 Å². The summed E-state index contributed by atoms with van der Waals surface area (Å²) in [4.78, 5) is 18.0. The van der Waals surface area contributed by atoms with Crippen molar-refractivity contribution in [1.29, 1.82) is 0 Å². The third-order valence-corrected chi connectivity index (χ3v) is 7.47. The van der Waals surface area contributed by atoms with E-state index in [1.54, 1.807) is 4.68 Å². The number of β-amino-alcohol motifs (C(OH)–C–C–N with tert-alkyl or cyclic N) is 1. The van der Waals surface area contributed by atoms with Crippen LogP contribution >= 0.6 is 11.6 Å². The molecule has 2 aliphatic rings. The van der Waals surface area contributed by atoms with Crippen LogP contribution < -0.4 is 5.32 Å². The van der Waals surface area contributed by atoms with Gasteiger partial charge >= 0.3 is 0 Å². The zero-order valence-corrected chi connectivity index (χ0v) is 22.9. The van der Waals surface area contributed by atoms with Gasteiger partial charge in [0.05, 0.1) is 11.8 Å². The molecule has 1 unspecified atom stereocenters. The highest BCUT2D eigenvalue weighted by molar-refractivity contribution is 6.30. The molecular weight excluding hydrogens is 476 g/mol. The second-order valence-corrected chi connectivity index (χ2v) is 12.3. The van der Waals surface area contributed by atoms with Crippen molar-refractivity contribution in [3.8, 4) is 0 Å². The maximum Gasteiger partial charge on any atom is 0.248 e. The molecule has 4 atom stereocenters. The summed E-state index contributed by atoms with van der Waals surface area (Å²) in [7, 11) is 4.14. The molecular formula is C27H41ClN6O2. The van der Waals surface area contributed by atoms with Gasteiger partial charge in [0.2, 0.25) is 5.91 Å². The number of nitrogens with one attached hydrogen (secondary N) is 1. The molecule has 0 bridgehead atoms. The summed E-state index contributed by atoms with van der Waals surface area (Å²) in [6.45, 7) is 8.82. The maximum absolute atomic E-state index is 13.9. The summed E-state index contributed by atoms with van der Waals surface area (Å²) in [5.74, 6) is 0.766. The Bertz CT molecular complexity index is 1010. The first-order chi connectivity index (χ1) is 17.0. The second kappa shape index (κ2) is 11.2. The summed E-state index contributed by atoms with van der Waals surface area (Å²) >= 11 is 6.10. The van der Waals surface area contributed by atoms with Gasteiger partial charge in [0, 0.05) is 55.3 Å². The fourth-order valence-electron chi connectivity index (χ4n) is 5.26. The van der Waals surface area contributed by atoms with E-state index < -0.39 is 12.1 Å². The highest BCUT2D eigenvalue weighted by Gasteiger charge is 2.43. The van der Waals surface area contributed by atoms with E-state index in [1.807, 2.05) is 23.2 Å². The molecule has 1 aromatic heterocycles. The second-order valence-electron chi connectivity index (χ2n) is 11.9. The van der Waals surface area contributed by atoms with Gasteiger partial charge in [0.25, 0.3) is 0 Å². The largest absolute Gasteiger partial charge is 0.391 e. The topological polar surface area (TPSA) is 86.5 Å². The molecule has 2 N–H and O–H groups in total. The van der Waals surface area contributed by atoms with E-state index in [0.29, 0.717) is 25.4 Å². The van der Waals surface area contributed by atoms with Crippen LogP contribution in [0.3, 0.4) is 0 Å². The Morgan fingerprint density at radius 2 is 1.94 bits per heavy atom. The van der Waals surface area contributed by atoms with Crippen LogP contribution in [0.1, 0.15) is 69.2 Å².